The Morgan fingerprint density at radius 1 is 1.73 bits per heavy atom. The van der Waals surface area contributed by atoms with Gasteiger partial charge < -0.3 is 14.6 Å². The predicted molar refractivity (Wildman–Crippen MR) is 34.8 cm³/mol. The third-order valence-electron chi connectivity index (χ3n) is 1.91. The fraction of sp³-hybridized carbons (Fsp3) is 0.571. The molecule has 2 aliphatic rings. The van der Waals surface area contributed by atoms with Gasteiger partial charge in [0.05, 0.1) is 7.11 Å². The fourth-order valence-corrected chi connectivity index (χ4v) is 1.24. The van der Waals surface area contributed by atoms with E-state index in [1.54, 1.807) is 0 Å². The van der Waals surface area contributed by atoms with E-state index in [2.05, 4.69) is 0 Å². The summed E-state index contributed by atoms with van der Waals surface area (Å²) in [7, 11) is 1.40. The fourth-order valence-electron chi connectivity index (χ4n) is 1.24. The molecule has 11 heavy (non-hydrogen) atoms. The first-order valence-corrected chi connectivity index (χ1v) is 3.37. The Kier molecular flexibility index (Phi) is 1.27. The minimum atomic E-state index is -0.687. The SMILES string of the molecule is COC1=C[C@@H](O)[C@@H]2O[C@@H]2C1=O. The Labute approximate surface area is 63.4 Å². The van der Waals surface area contributed by atoms with Crippen molar-refractivity contribution >= 4 is 5.78 Å². The Balaban J connectivity index is 2.25. The number of hydrogen-bond donors (Lipinski definition) is 1. The topological polar surface area (TPSA) is 59.1 Å². The van der Waals surface area contributed by atoms with Crippen molar-refractivity contribution in [1.82, 2.24) is 0 Å². The molecule has 0 aromatic heterocycles. The minimum absolute atomic E-state index is 0.164. The van der Waals surface area contributed by atoms with Crippen LogP contribution in [0.15, 0.2) is 11.8 Å². The van der Waals surface area contributed by atoms with Crippen molar-refractivity contribution in [3.8, 4) is 0 Å². The van der Waals surface area contributed by atoms with E-state index in [9.17, 15) is 9.90 Å². The zero-order chi connectivity index (χ0) is 8.01. The minimum Gasteiger partial charge on any atom is -0.493 e. The van der Waals surface area contributed by atoms with Gasteiger partial charge in [-0.15, -0.1) is 0 Å². The molecule has 0 spiro atoms. The van der Waals surface area contributed by atoms with Gasteiger partial charge in [0.25, 0.3) is 0 Å². The molecule has 3 atom stereocenters. The molecule has 1 aliphatic carbocycles. The molecule has 60 valence electrons. The van der Waals surface area contributed by atoms with Crippen LogP contribution in [-0.2, 0) is 14.3 Å². The third kappa shape index (κ3) is 0.868. The number of carbonyl (C=O) groups excluding carboxylic acids is 1. The molecule has 0 aromatic rings. The summed E-state index contributed by atoms with van der Waals surface area (Å²) < 4.78 is 9.65. The molecule has 4 heteroatoms. The van der Waals surface area contributed by atoms with E-state index < -0.39 is 12.2 Å². The number of hydrogen-bond acceptors (Lipinski definition) is 4. The Morgan fingerprint density at radius 2 is 2.45 bits per heavy atom. The molecule has 0 aromatic carbocycles. The smallest absolute Gasteiger partial charge is 0.228 e. The molecule has 1 saturated heterocycles. The van der Waals surface area contributed by atoms with Crippen LogP contribution in [-0.4, -0.2) is 36.3 Å². The van der Waals surface area contributed by atoms with Crippen molar-refractivity contribution in [3.63, 3.8) is 0 Å². The van der Waals surface area contributed by atoms with Crippen LogP contribution < -0.4 is 0 Å². The van der Waals surface area contributed by atoms with Gasteiger partial charge >= 0.3 is 0 Å². The zero-order valence-electron chi connectivity index (χ0n) is 5.98. The molecular formula is C7H8O4. The van der Waals surface area contributed by atoms with Crippen molar-refractivity contribution in [3.05, 3.63) is 11.8 Å². The van der Waals surface area contributed by atoms with Gasteiger partial charge in [0.1, 0.15) is 12.2 Å². The number of rotatable bonds is 1. The third-order valence-corrected chi connectivity index (χ3v) is 1.91. The molecule has 1 N–H and O–H groups in total. The molecule has 1 fully saturated rings. The maximum Gasteiger partial charge on any atom is 0.228 e. The molecule has 2 rings (SSSR count). The Morgan fingerprint density at radius 3 is 3.09 bits per heavy atom. The number of fused-ring (bicyclic) bond motifs is 1. The van der Waals surface area contributed by atoms with E-state index >= 15 is 0 Å². The second kappa shape index (κ2) is 2.06. The molecule has 4 nitrogen and oxygen atoms in total. The van der Waals surface area contributed by atoms with E-state index in [1.807, 2.05) is 0 Å². The highest BCUT2D eigenvalue weighted by atomic mass is 16.6. The second-order valence-corrected chi connectivity index (χ2v) is 2.61. The van der Waals surface area contributed by atoms with Crippen molar-refractivity contribution in [2.45, 2.75) is 18.3 Å². The molecule has 1 heterocycles. The van der Waals surface area contributed by atoms with Gasteiger partial charge in [0, 0.05) is 0 Å². The molecule has 0 unspecified atom stereocenters. The van der Waals surface area contributed by atoms with E-state index in [4.69, 9.17) is 9.47 Å². The van der Waals surface area contributed by atoms with Crippen molar-refractivity contribution in [1.29, 1.82) is 0 Å². The van der Waals surface area contributed by atoms with Crippen LogP contribution in [0.2, 0.25) is 0 Å². The number of methoxy groups -OCH3 is 1. The molecule has 0 amide bonds. The summed E-state index contributed by atoms with van der Waals surface area (Å²) in [5.74, 6) is 0.0408. The second-order valence-electron chi connectivity index (χ2n) is 2.61. The van der Waals surface area contributed by atoms with Crippen LogP contribution in [0, 0.1) is 0 Å². The van der Waals surface area contributed by atoms with Crippen LogP contribution in [0.25, 0.3) is 0 Å². The predicted octanol–water partition coefficient (Wildman–Crippen LogP) is -0.772. The van der Waals surface area contributed by atoms with Crippen LogP contribution >= 0.6 is 0 Å². The lowest BCUT2D eigenvalue weighted by atomic mass is 10.0. The Bertz CT molecular complexity index is 233. The van der Waals surface area contributed by atoms with Crippen molar-refractivity contribution in [2.75, 3.05) is 7.11 Å². The van der Waals surface area contributed by atoms with Crippen LogP contribution in [0.3, 0.4) is 0 Å². The number of Topliss-reactive ketones (excluding diaryl/α,β-unsaturated/α-hetero) is 1. The highest BCUT2D eigenvalue weighted by molar-refractivity contribution is 6.00. The molecule has 0 bridgehead atoms. The zero-order valence-corrected chi connectivity index (χ0v) is 5.98. The molecular weight excluding hydrogens is 148 g/mol. The molecule has 0 radical (unpaired) electrons. The summed E-state index contributed by atoms with van der Waals surface area (Å²) in [6.45, 7) is 0. The van der Waals surface area contributed by atoms with Gasteiger partial charge in [-0.25, -0.2) is 0 Å². The van der Waals surface area contributed by atoms with Gasteiger partial charge in [-0.3, -0.25) is 4.79 Å². The summed E-state index contributed by atoms with van der Waals surface area (Å²) in [5.41, 5.74) is 0. The van der Waals surface area contributed by atoms with Gasteiger partial charge in [0.15, 0.2) is 11.9 Å². The number of epoxide rings is 1. The van der Waals surface area contributed by atoms with E-state index in [0.717, 1.165) is 0 Å². The number of ketones is 1. The van der Waals surface area contributed by atoms with Crippen LogP contribution in [0.1, 0.15) is 0 Å². The average molecular weight is 156 g/mol. The highest BCUT2D eigenvalue weighted by Crippen LogP contribution is 2.33. The van der Waals surface area contributed by atoms with Crippen molar-refractivity contribution < 1.29 is 19.4 Å². The first kappa shape index (κ1) is 6.82. The molecule has 1 aliphatic heterocycles. The summed E-state index contributed by atoms with van der Waals surface area (Å²) >= 11 is 0. The Hall–Kier alpha value is -0.870. The van der Waals surface area contributed by atoms with Gasteiger partial charge in [0.2, 0.25) is 5.78 Å². The lowest BCUT2D eigenvalue weighted by Crippen LogP contribution is -2.27. The summed E-state index contributed by atoms with van der Waals surface area (Å²) in [6, 6.07) is 0. The molecule has 0 saturated carbocycles. The number of ether oxygens (including phenoxy) is 2. The number of aliphatic hydroxyl groups excluding tert-OH is 1. The van der Waals surface area contributed by atoms with Gasteiger partial charge in [-0.05, 0) is 6.08 Å². The summed E-state index contributed by atoms with van der Waals surface area (Å²) in [5, 5.41) is 9.21. The standard InChI is InChI=1S/C7H8O4/c1-10-4-2-3(8)6-7(11-6)5(4)9/h2-3,6-8H,1H3/t3-,6+,7-/m1/s1. The maximum atomic E-state index is 11.1. The average Bonchev–Trinajstić information content (AvgIpc) is 2.75. The van der Waals surface area contributed by atoms with E-state index in [1.165, 1.54) is 13.2 Å². The summed E-state index contributed by atoms with van der Waals surface area (Å²) in [4.78, 5) is 11.1. The van der Waals surface area contributed by atoms with E-state index in [-0.39, 0.29) is 17.6 Å². The van der Waals surface area contributed by atoms with Gasteiger partial charge in [-0.1, -0.05) is 0 Å². The lowest BCUT2D eigenvalue weighted by Gasteiger charge is -2.10. The quantitative estimate of drug-likeness (QED) is 0.506. The van der Waals surface area contributed by atoms with Gasteiger partial charge in [-0.2, -0.15) is 0 Å². The largest absolute Gasteiger partial charge is 0.493 e. The maximum absolute atomic E-state index is 11.1. The first-order valence-electron chi connectivity index (χ1n) is 3.37. The number of carbonyl (C=O) groups is 1. The first-order chi connectivity index (χ1) is 5.24. The normalized spacial score (nSPS) is 41.1. The van der Waals surface area contributed by atoms with E-state index in [0.29, 0.717) is 0 Å². The van der Waals surface area contributed by atoms with Crippen LogP contribution in [0.5, 0.6) is 0 Å². The lowest BCUT2D eigenvalue weighted by molar-refractivity contribution is -0.119. The summed E-state index contributed by atoms with van der Waals surface area (Å²) in [6.07, 6.45) is -0.0738. The van der Waals surface area contributed by atoms with Crippen molar-refractivity contribution in [2.24, 2.45) is 0 Å². The number of aliphatic hydroxyl groups is 1. The monoisotopic (exact) mass is 156 g/mol. The van der Waals surface area contributed by atoms with Crippen LogP contribution in [0.4, 0.5) is 0 Å². The highest BCUT2D eigenvalue weighted by Gasteiger charge is 2.53.